The van der Waals surface area contributed by atoms with Gasteiger partial charge in [0.2, 0.25) is 0 Å². The minimum Gasteiger partial charge on any atom is -0.481 e. The molecule has 0 amide bonds. The van der Waals surface area contributed by atoms with Crippen molar-refractivity contribution in [3.63, 3.8) is 0 Å². The number of benzene rings is 1. The summed E-state index contributed by atoms with van der Waals surface area (Å²) < 4.78 is 31.1. The number of nitrogens with one attached hydrogen (secondary N) is 1. The Hall–Kier alpha value is -1.53. The first-order chi connectivity index (χ1) is 8.53. The van der Waals surface area contributed by atoms with E-state index in [2.05, 4.69) is 5.32 Å². The van der Waals surface area contributed by atoms with Gasteiger partial charge in [-0.3, -0.25) is 4.79 Å². The summed E-state index contributed by atoms with van der Waals surface area (Å²) in [5.41, 5.74) is -0.764. The molecule has 0 aromatic heterocycles. The van der Waals surface area contributed by atoms with Gasteiger partial charge < -0.3 is 15.2 Å². The van der Waals surface area contributed by atoms with E-state index >= 15 is 0 Å². The number of carboxylic acids is 1. The lowest BCUT2D eigenvalue weighted by Gasteiger charge is -2.37. The lowest BCUT2D eigenvalue weighted by Crippen LogP contribution is -2.55. The summed E-state index contributed by atoms with van der Waals surface area (Å²) in [5, 5.41) is 11.9. The highest BCUT2D eigenvalue weighted by atomic mass is 19.1. The van der Waals surface area contributed by atoms with Gasteiger partial charge in [0.05, 0.1) is 13.2 Å². The van der Waals surface area contributed by atoms with Crippen LogP contribution in [0.3, 0.4) is 0 Å². The molecule has 6 heteroatoms. The smallest absolute Gasteiger partial charge is 0.315 e. The highest BCUT2D eigenvalue weighted by Crippen LogP contribution is 2.26. The van der Waals surface area contributed by atoms with Crippen LogP contribution in [0.25, 0.3) is 0 Å². The molecule has 1 aliphatic rings. The molecule has 0 spiro atoms. The average molecular weight is 257 g/mol. The van der Waals surface area contributed by atoms with Gasteiger partial charge in [-0.15, -0.1) is 0 Å². The van der Waals surface area contributed by atoms with Crippen molar-refractivity contribution in [2.45, 2.75) is 6.54 Å². The number of hydrogen-bond acceptors (Lipinski definition) is 3. The number of halogens is 2. The molecule has 0 saturated carbocycles. The van der Waals surface area contributed by atoms with Gasteiger partial charge in [0.15, 0.2) is 0 Å². The summed E-state index contributed by atoms with van der Waals surface area (Å²) in [6, 6.07) is 3.18. The Morgan fingerprint density at radius 1 is 1.44 bits per heavy atom. The zero-order valence-corrected chi connectivity index (χ0v) is 9.58. The highest BCUT2D eigenvalue weighted by Gasteiger charge is 2.45. The summed E-state index contributed by atoms with van der Waals surface area (Å²) in [7, 11) is 0. The second kappa shape index (κ2) is 4.99. The van der Waals surface area contributed by atoms with Gasteiger partial charge in [-0.25, -0.2) is 8.78 Å². The standard InChI is InChI=1S/C12H13F2NO3/c13-9-1-2-10(14)8(3-9)4-15-5-12(11(16)17)6-18-7-12/h1-3,15H,4-7H2,(H,16,17). The van der Waals surface area contributed by atoms with Crippen LogP contribution in [0.15, 0.2) is 18.2 Å². The van der Waals surface area contributed by atoms with Crippen molar-refractivity contribution >= 4 is 5.97 Å². The molecule has 1 aromatic carbocycles. The average Bonchev–Trinajstić information content (AvgIpc) is 2.26. The van der Waals surface area contributed by atoms with Crippen LogP contribution in [0, 0.1) is 17.0 Å². The fourth-order valence-corrected chi connectivity index (χ4v) is 1.76. The second-order valence-electron chi connectivity index (χ2n) is 4.42. The van der Waals surface area contributed by atoms with Crippen LogP contribution in [-0.2, 0) is 16.1 Å². The predicted octanol–water partition coefficient (Wildman–Crippen LogP) is 1.16. The molecule has 1 fully saturated rings. The quantitative estimate of drug-likeness (QED) is 0.831. The summed E-state index contributed by atoms with van der Waals surface area (Å²) in [4.78, 5) is 11.0. The lowest BCUT2D eigenvalue weighted by molar-refractivity contribution is -0.178. The molecule has 2 N–H and O–H groups in total. The molecule has 0 aliphatic carbocycles. The van der Waals surface area contributed by atoms with Gasteiger partial charge >= 0.3 is 5.97 Å². The third-order valence-electron chi connectivity index (χ3n) is 3.00. The zero-order valence-electron chi connectivity index (χ0n) is 9.58. The largest absolute Gasteiger partial charge is 0.481 e. The van der Waals surface area contributed by atoms with Crippen molar-refractivity contribution in [2.75, 3.05) is 19.8 Å². The minimum atomic E-state index is -0.944. The van der Waals surface area contributed by atoms with Gasteiger partial charge in [-0.2, -0.15) is 0 Å². The normalized spacial score (nSPS) is 17.2. The van der Waals surface area contributed by atoms with Crippen LogP contribution in [-0.4, -0.2) is 30.8 Å². The maximum absolute atomic E-state index is 13.3. The van der Waals surface area contributed by atoms with Crippen LogP contribution in [0.2, 0.25) is 0 Å². The third-order valence-corrected chi connectivity index (χ3v) is 3.00. The molecular weight excluding hydrogens is 244 g/mol. The van der Waals surface area contributed by atoms with Crippen molar-refractivity contribution in [1.82, 2.24) is 5.32 Å². The number of carboxylic acid groups (broad SMARTS) is 1. The Morgan fingerprint density at radius 2 is 2.17 bits per heavy atom. The van der Waals surface area contributed by atoms with Crippen molar-refractivity contribution in [2.24, 2.45) is 5.41 Å². The van der Waals surface area contributed by atoms with Gasteiger partial charge in [0.1, 0.15) is 17.0 Å². The fourth-order valence-electron chi connectivity index (χ4n) is 1.76. The Kier molecular flexibility index (Phi) is 3.58. The summed E-state index contributed by atoms with van der Waals surface area (Å²) in [6.07, 6.45) is 0. The number of carbonyl (C=O) groups is 1. The summed E-state index contributed by atoms with van der Waals surface area (Å²) in [5.74, 6) is -1.98. The van der Waals surface area contributed by atoms with E-state index in [1.807, 2.05) is 0 Å². The van der Waals surface area contributed by atoms with Gasteiger partial charge in [-0.05, 0) is 18.2 Å². The molecular formula is C12H13F2NO3. The van der Waals surface area contributed by atoms with Gasteiger partial charge in [-0.1, -0.05) is 0 Å². The molecule has 4 nitrogen and oxygen atoms in total. The molecule has 18 heavy (non-hydrogen) atoms. The Bertz CT molecular complexity index is 461. The molecule has 2 rings (SSSR count). The predicted molar refractivity (Wildman–Crippen MR) is 59.0 cm³/mol. The number of aliphatic carboxylic acids is 1. The first kappa shape index (κ1) is 12.9. The first-order valence-corrected chi connectivity index (χ1v) is 5.49. The SMILES string of the molecule is O=C(O)C1(CNCc2cc(F)ccc2F)COC1. The Balaban J connectivity index is 1.92. The van der Waals surface area contributed by atoms with Gasteiger partial charge in [0, 0.05) is 18.7 Å². The summed E-state index contributed by atoms with van der Waals surface area (Å²) >= 11 is 0. The van der Waals surface area contributed by atoms with Crippen molar-refractivity contribution in [1.29, 1.82) is 0 Å². The molecule has 0 radical (unpaired) electrons. The lowest BCUT2D eigenvalue weighted by atomic mass is 9.86. The maximum atomic E-state index is 13.3. The molecule has 0 atom stereocenters. The molecule has 98 valence electrons. The highest BCUT2D eigenvalue weighted by molar-refractivity contribution is 5.76. The van der Waals surface area contributed by atoms with E-state index in [4.69, 9.17) is 9.84 Å². The van der Waals surface area contributed by atoms with E-state index in [1.54, 1.807) is 0 Å². The fraction of sp³-hybridized carbons (Fsp3) is 0.417. The molecule has 1 aliphatic heterocycles. The maximum Gasteiger partial charge on any atom is 0.315 e. The van der Waals surface area contributed by atoms with Crippen LogP contribution < -0.4 is 5.32 Å². The van der Waals surface area contributed by atoms with Crippen molar-refractivity contribution in [3.8, 4) is 0 Å². The van der Waals surface area contributed by atoms with E-state index in [-0.39, 0.29) is 31.9 Å². The number of rotatable bonds is 5. The van der Waals surface area contributed by atoms with E-state index in [1.165, 1.54) is 0 Å². The molecule has 1 saturated heterocycles. The van der Waals surface area contributed by atoms with E-state index < -0.39 is 23.0 Å². The van der Waals surface area contributed by atoms with E-state index in [0.29, 0.717) is 0 Å². The van der Waals surface area contributed by atoms with Crippen molar-refractivity contribution < 1.29 is 23.4 Å². The van der Waals surface area contributed by atoms with Crippen LogP contribution in [0.5, 0.6) is 0 Å². The van der Waals surface area contributed by atoms with E-state index in [0.717, 1.165) is 18.2 Å². The second-order valence-corrected chi connectivity index (χ2v) is 4.42. The molecule has 0 unspecified atom stereocenters. The zero-order chi connectivity index (χ0) is 13.2. The molecule has 1 aromatic rings. The monoisotopic (exact) mass is 257 g/mol. The van der Waals surface area contributed by atoms with Gasteiger partial charge in [0.25, 0.3) is 0 Å². The topological polar surface area (TPSA) is 58.6 Å². The summed E-state index contributed by atoms with van der Waals surface area (Å²) in [6.45, 7) is 0.527. The first-order valence-electron chi connectivity index (χ1n) is 5.49. The Morgan fingerprint density at radius 3 is 2.72 bits per heavy atom. The van der Waals surface area contributed by atoms with E-state index in [9.17, 15) is 13.6 Å². The van der Waals surface area contributed by atoms with Crippen LogP contribution in [0.1, 0.15) is 5.56 Å². The van der Waals surface area contributed by atoms with Crippen LogP contribution in [0.4, 0.5) is 8.78 Å². The van der Waals surface area contributed by atoms with Crippen LogP contribution >= 0.6 is 0 Å². The molecule has 0 bridgehead atoms. The minimum absolute atomic E-state index is 0.0820. The Labute approximate surface area is 103 Å². The molecule has 1 heterocycles. The third kappa shape index (κ3) is 2.49. The van der Waals surface area contributed by atoms with Crippen molar-refractivity contribution in [3.05, 3.63) is 35.4 Å². The number of ether oxygens (including phenoxy) is 1. The number of hydrogen-bond donors (Lipinski definition) is 2.